The Morgan fingerprint density at radius 3 is 2.53 bits per heavy atom. The van der Waals surface area contributed by atoms with Crippen molar-refractivity contribution in [2.45, 2.75) is 6.54 Å². The fourth-order valence-electron chi connectivity index (χ4n) is 1.27. The molecule has 2 aromatic rings. The van der Waals surface area contributed by atoms with E-state index in [1.54, 1.807) is 10.9 Å². The van der Waals surface area contributed by atoms with Gasteiger partial charge in [-0.15, -0.1) is 0 Å². The quantitative estimate of drug-likeness (QED) is 0.922. The average molecular weight is 287 g/mol. The Bertz CT molecular complexity index is 464. The van der Waals surface area contributed by atoms with Crippen molar-refractivity contribution in [3.05, 3.63) is 45.7 Å². The molecule has 0 aliphatic rings. The van der Waals surface area contributed by atoms with Crippen LogP contribution in [0.2, 0.25) is 5.15 Å². The highest BCUT2D eigenvalue weighted by atomic mass is 79.9. The van der Waals surface area contributed by atoms with Crippen molar-refractivity contribution < 1.29 is 0 Å². The molecular weight excluding hydrogens is 277 g/mol. The third-order valence-corrected chi connectivity index (χ3v) is 3.00. The van der Waals surface area contributed by atoms with E-state index in [0.717, 1.165) is 15.7 Å². The predicted molar refractivity (Wildman–Crippen MR) is 64.2 cm³/mol. The smallest absolute Gasteiger partial charge is 0.137 e. The summed E-state index contributed by atoms with van der Waals surface area (Å²) in [5, 5.41) is 4.75. The Morgan fingerprint density at radius 2 is 2.00 bits per heavy atom. The zero-order valence-corrected chi connectivity index (χ0v) is 10.2. The molecule has 0 amide bonds. The van der Waals surface area contributed by atoms with Gasteiger partial charge in [0.05, 0.1) is 11.9 Å². The minimum absolute atomic E-state index is 0.398. The maximum Gasteiger partial charge on any atom is 0.137 e. The zero-order valence-electron chi connectivity index (χ0n) is 7.82. The minimum atomic E-state index is 0.398. The molecule has 3 nitrogen and oxygen atoms in total. The van der Waals surface area contributed by atoms with Crippen LogP contribution >= 0.6 is 27.5 Å². The molecule has 0 bridgehead atoms. The number of aromatic nitrogens is 2. The van der Waals surface area contributed by atoms with Crippen LogP contribution in [-0.2, 0) is 6.54 Å². The maximum absolute atomic E-state index is 6.11. The van der Waals surface area contributed by atoms with Gasteiger partial charge >= 0.3 is 0 Å². The topological polar surface area (TPSA) is 43.8 Å². The van der Waals surface area contributed by atoms with Crippen LogP contribution in [-0.4, -0.2) is 9.78 Å². The van der Waals surface area contributed by atoms with Gasteiger partial charge in [-0.2, -0.15) is 5.10 Å². The van der Waals surface area contributed by atoms with E-state index in [0.29, 0.717) is 11.7 Å². The van der Waals surface area contributed by atoms with Crippen molar-refractivity contribution in [3.63, 3.8) is 0 Å². The van der Waals surface area contributed by atoms with Crippen molar-refractivity contribution in [2.24, 2.45) is 5.73 Å². The van der Waals surface area contributed by atoms with E-state index in [2.05, 4.69) is 21.0 Å². The van der Waals surface area contributed by atoms with Gasteiger partial charge < -0.3 is 5.73 Å². The van der Waals surface area contributed by atoms with Gasteiger partial charge in [0.2, 0.25) is 0 Å². The maximum atomic E-state index is 6.11. The van der Waals surface area contributed by atoms with Crippen LogP contribution < -0.4 is 5.73 Å². The molecule has 78 valence electrons. The van der Waals surface area contributed by atoms with E-state index in [1.807, 2.05) is 24.3 Å². The second-order valence-corrected chi connectivity index (χ2v) is 4.33. The molecule has 0 aliphatic heterocycles. The molecule has 0 unspecified atom stereocenters. The van der Waals surface area contributed by atoms with E-state index in [1.165, 1.54) is 0 Å². The molecule has 2 rings (SSSR count). The predicted octanol–water partition coefficient (Wildman–Crippen LogP) is 2.75. The first-order valence-electron chi connectivity index (χ1n) is 4.41. The van der Waals surface area contributed by atoms with E-state index in [4.69, 9.17) is 17.3 Å². The fourth-order valence-corrected chi connectivity index (χ4v) is 1.80. The SMILES string of the molecule is NCc1cnn(-c2ccc(Br)cc2)c1Cl. The molecule has 1 heterocycles. The summed E-state index contributed by atoms with van der Waals surface area (Å²) < 4.78 is 2.68. The number of hydrogen-bond donors (Lipinski definition) is 1. The van der Waals surface area contributed by atoms with Crippen molar-refractivity contribution in [3.8, 4) is 5.69 Å². The molecule has 0 spiro atoms. The zero-order chi connectivity index (χ0) is 10.8. The summed E-state index contributed by atoms with van der Waals surface area (Å²) in [4.78, 5) is 0. The van der Waals surface area contributed by atoms with Gasteiger partial charge in [0.25, 0.3) is 0 Å². The van der Waals surface area contributed by atoms with Crippen molar-refractivity contribution in [2.75, 3.05) is 0 Å². The number of halogens is 2. The normalized spacial score (nSPS) is 10.6. The van der Waals surface area contributed by atoms with Gasteiger partial charge in [0.1, 0.15) is 5.15 Å². The fraction of sp³-hybridized carbons (Fsp3) is 0.100. The third-order valence-electron chi connectivity index (χ3n) is 2.07. The Kier molecular flexibility index (Phi) is 3.09. The molecule has 0 saturated carbocycles. The van der Waals surface area contributed by atoms with Crippen molar-refractivity contribution in [1.82, 2.24) is 9.78 Å². The van der Waals surface area contributed by atoms with Crippen LogP contribution in [0.3, 0.4) is 0 Å². The van der Waals surface area contributed by atoms with Gasteiger partial charge in [0.15, 0.2) is 0 Å². The average Bonchev–Trinajstić information content (AvgIpc) is 2.61. The summed E-state index contributed by atoms with van der Waals surface area (Å²) in [5.74, 6) is 0. The Hall–Kier alpha value is -0.840. The lowest BCUT2D eigenvalue weighted by Crippen LogP contribution is -1.98. The molecule has 0 radical (unpaired) electrons. The third kappa shape index (κ3) is 2.07. The number of nitrogens with two attached hydrogens (primary N) is 1. The molecule has 1 aromatic carbocycles. The Balaban J connectivity index is 2.45. The largest absolute Gasteiger partial charge is 0.326 e. The number of rotatable bonds is 2. The Morgan fingerprint density at radius 1 is 1.33 bits per heavy atom. The number of nitrogens with zero attached hydrogens (tertiary/aromatic N) is 2. The van der Waals surface area contributed by atoms with Gasteiger partial charge in [0, 0.05) is 16.6 Å². The van der Waals surface area contributed by atoms with Gasteiger partial charge in [-0.05, 0) is 24.3 Å². The molecule has 5 heteroatoms. The first kappa shape index (κ1) is 10.7. The lowest BCUT2D eigenvalue weighted by Gasteiger charge is -2.03. The molecule has 0 saturated heterocycles. The first-order chi connectivity index (χ1) is 7.22. The number of hydrogen-bond acceptors (Lipinski definition) is 2. The summed E-state index contributed by atoms with van der Waals surface area (Å²) >= 11 is 9.48. The van der Waals surface area contributed by atoms with Crippen LogP contribution in [0.5, 0.6) is 0 Å². The summed E-state index contributed by atoms with van der Waals surface area (Å²) in [6, 6.07) is 7.75. The van der Waals surface area contributed by atoms with Gasteiger partial charge in [-0.3, -0.25) is 0 Å². The molecule has 15 heavy (non-hydrogen) atoms. The highest BCUT2D eigenvalue weighted by molar-refractivity contribution is 9.10. The van der Waals surface area contributed by atoms with Crippen LogP contribution in [0.25, 0.3) is 5.69 Å². The molecule has 0 aliphatic carbocycles. The summed E-state index contributed by atoms with van der Waals surface area (Å²) in [5.41, 5.74) is 7.29. The lowest BCUT2D eigenvalue weighted by atomic mass is 10.3. The second-order valence-electron chi connectivity index (χ2n) is 3.05. The second kappa shape index (κ2) is 4.35. The van der Waals surface area contributed by atoms with Gasteiger partial charge in [-0.25, -0.2) is 4.68 Å². The van der Waals surface area contributed by atoms with E-state index in [-0.39, 0.29) is 0 Å². The van der Waals surface area contributed by atoms with E-state index >= 15 is 0 Å². The summed E-state index contributed by atoms with van der Waals surface area (Å²) in [6.45, 7) is 0.398. The molecule has 0 fully saturated rings. The van der Waals surface area contributed by atoms with Crippen LogP contribution in [0.1, 0.15) is 5.56 Å². The molecular formula is C10H9BrClN3. The number of benzene rings is 1. The minimum Gasteiger partial charge on any atom is -0.326 e. The lowest BCUT2D eigenvalue weighted by molar-refractivity contribution is 0.880. The molecule has 1 aromatic heterocycles. The Labute approximate surface area is 101 Å². The van der Waals surface area contributed by atoms with Crippen molar-refractivity contribution >= 4 is 27.5 Å². The molecule has 2 N–H and O–H groups in total. The highest BCUT2D eigenvalue weighted by Crippen LogP contribution is 2.21. The monoisotopic (exact) mass is 285 g/mol. The van der Waals surface area contributed by atoms with E-state index < -0.39 is 0 Å². The molecule has 0 atom stereocenters. The van der Waals surface area contributed by atoms with Crippen LogP contribution in [0.4, 0.5) is 0 Å². The standard InChI is InChI=1S/C10H9BrClN3/c11-8-1-3-9(4-2-8)15-10(12)7(5-13)6-14-15/h1-4,6H,5,13H2. The van der Waals surface area contributed by atoms with Crippen molar-refractivity contribution in [1.29, 1.82) is 0 Å². The van der Waals surface area contributed by atoms with E-state index in [9.17, 15) is 0 Å². The van der Waals surface area contributed by atoms with Gasteiger partial charge in [-0.1, -0.05) is 27.5 Å². The highest BCUT2D eigenvalue weighted by Gasteiger charge is 2.07. The summed E-state index contributed by atoms with van der Waals surface area (Å²) in [6.07, 6.45) is 1.68. The first-order valence-corrected chi connectivity index (χ1v) is 5.58. The van der Waals surface area contributed by atoms with Crippen LogP contribution in [0.15, 0.2) is 34.9 Å². The van der Waals surface area contributed by atoms with Crippen LogP contribution in [0, 0.1) is 0 Å². The summed E-state index contributed by atoms with van der Waals surface area (Å²) in [7, 11) is 0.